The first-order valence-electron chi connectivity index (χ1n) is 11.2. The number of nitrogens with zero attached hydrogens (tertiary/aromatic N) is 1. The fourth-order valence-electron chi connectivity index (χ4n) is 4.88. The topological polar surface area (TPSA) is 74.0 Å². The van der Waals surface area contributed by atoms with Gasteiger partial charge in [0.2, 0.25) is 0 Å². The summed E-state index contributed by atoms with van der Waals surface area (Å²) in [5.41, 5.74) is 8.64. The van der Waals surface area contributed by atoms with E-state index in [0.717, 1.165) is 43.9 Å². The maximum atomic E-state index is 12.7. The summed E-state index contributed by atoms with van der Waals surface area (Å²) in [5.74, 6) is 2.18. The molecule has 2 heterocycles. The molecule has 4 atom stereocenters. The Balaban J connectivity index is 1.88. The third-order valence-electron chi connectivity index (χ3n) is 6.60. The molecule has 6 nitrogen and oxygen atoms in total. The molecule has 0 bridgehead atoms. The van der Waals surface area contributed by atoms with Crippen molar-refractivity contribution >= 4 is 5.97 Å². The predicted octanol–water partition coefficient (Wildman–Crippen LogP) is 3.56. The lowest BCUT2D eigenvalue weighted by Gasteiger charge is -2.47. The molecule has 0 spiro atoms. The molecular formula is C24H38N2O4. The van der Waals surface area contributed by atoms with Crippen LogP contribution in [0.2, 0.25) is 0 Å². The Morgan fingerprint density at radius 2 is 1.83 bits per heavy atom. The van der Waals surface area contributed by atoms with Crippen LogP contribution in [0.3, 0.4) is 0 Å². The molecule has 168 valence electrons. The first-order chi connectivity index (χ1) is 14.2. The van der Waals surface area contributed by atoms with Crippen LogP contribution in [0.4, 0.5) is 0 Å². The van der Waals surface area contributed by atoms with Crippen molar-refractivity contribution in [1.29, 1.82) is 0 Å². The number of methoxy groups -OCH3 is 2. The van der Waals surface area contributed by atoms with Gasteiger partial charge in [-0.3, -0.25) is 9.69 Å². The maximum absolute atomic E-state index is 12.7. The second-order valence-electron chi connectivity index (χ2n) is 9.54. The minimum atomic E-state index is -0.578. The average Bonchev–Trinajstić information content (AvgIpc) is 2.71. The summed E-state index contributed by atoms with van der Waals surface area (Å²) in [6, 6.07) is 3.84. The quantitative estimate of drug-likeness (QED) is 0.683. The van der Waals surface area contributed by atoms with Crippen molar-refractivity contribution in [3.8, 4) is 11.5 Å². The second-order valence-corrected chi connectivity index (χ2v) is 9.54. The monoisotopic (exact) mass is 418 g/mol. The Hall–Kier alpha value is -1.79. The molecule has 1 saturated heterocycles. The van der Waals surface area contributed by atoms with Crippen LogP contribution in [0.1, 0.15) is 57.7 Å². The molecule has 3 rings (SSSR count). The second kappa shape index (κ2) is 9.56. The van der Waals surface area contributed by atoms with Crippen LogP contribution in [-0.2, 0) is 16.0 Å². The van der Waals surface area contributed by atoms with E-state index in [9.17, 15) is 4.79 Å². The highest BCUT2D eigenvalue weighted by Crippen LogP contribution is 2.44. The molecule has 0 amide bonds. The molecule has 0 aromatic heterocycles. The van der Waals surface area contributed by atoms with Gasteiger partial charge in [-0.25, -0.2) is 0 Å². The average molecular weight is 419 g/mol. The molecule has 2 N–H and O–H groups in total. The van der Waals surface area contributed by atoms with Gasteiger partial charge in [-0.1, -0.05) is 27.7 Å². The fourth-order valence-corrected chi connectivity index (χ4v) is 4.88. The van der Waals surface area contributed by atoms with Crippen LogP contribution < -0.4 is 15.2 Å². The van der Waals surface area contributed by atoms with E-state index in [0.29, 0.717) is 11.8 Å². The Bertz CT molecular complexity index is 749. The highest BCUT2D eigenvalue weighted by atomic mass is 16.5. The molecule has 0 saturated carbocycles. The standard InChI is InChI=1S/C24H38N2O4/c1-14(2)9-17-13-26-8-7-16-10-21(28-5)22(29-6)11-18(16)19(26)12-20(17)30-24(27)23(25)15(3)4/h10-11,14-15,17,19-20,23H,7-9,12-13,25H2,1-6H3/t17-,19-,20-,23-/m0/s1. The normalized spacial score (nSPS) is 24.9. The van der Waals surface area contributed by atoms with E-state index < -0.39 is 6.04 Å². The van der Waals surface area contributed by atoms with Gasteiger partial charge >= 0.3 is 5.97 Å². The van der Waals surface area contributed by atoms with E-state index in [2.05, 4.69) is 30.9 Å². The Labute approximate surface area is 181 Å². The number of benzene rings is 1. The van der Waals surface area contributed by atoms with Crippen molar-refractivity contribution < 1.29 is 19.0 Å². The number of hydrogen-bond donors (Lipinski definition) is 1. The minimum absolute atomic E-state index is 0.0632. The van der Waals surface area contributed by atoms with Gasteiger partial charge in [0.25, 0.3) is 0 Å². The molecular weight excluding hydrogens is 380 g/mol. The fraction of sp³-hybridized carbons (Fsp3) is 0.708. The number of hydrogen-bond acceptors (Lipinski definition) is 6. The molecule has 6 heteroatoms. The molecule has 1 aromatic carbocycles. The maximum Gasteiger partial charge on any atom is 0.323 e. The lowest BCUT2D eigenvalue weighted by molar-refractivity contribution is -0.160. The molecule has 0 aliphatic carbocycles. The van der Waals surface area contributed by atoms with Crippen molar-refractivity contribution in [2.45, 2.75) is 65.1 Å². The first-order valence-corrected chi connectivity index (χ1v) is 11.2. The zero-order valence-electron chi connectivity index (χ0n) is 19.3. The zero-order chi connectivity index (χ0) is 22.0. The highest BCUT2D eigenvalue weighted by molar-refractivity contribution is 5.76. The van der Waals surface area contributed by atoms with Gasteiger partial charge in [0.05, 0.1) is 14.2 Å². The lowest BCUT2D eigenvalue weighted by Crippen LogP contribution is -2.51. The van der Waals surface area contributed by atoms with Crippen molar-refractivity contribution in [2.75, 3.05) is 27.3 Å². The number of esters is 1. The summed E-state index contributed by atoms with van der Waals surface area (Å²) in [5, 5.41) is 0. The van der Waals surface area contributed by atoms with Gasteiger partial charge < -0.3 is 19.9 Å². The summed E-state index contributed by atoms with van der Waals surface area (Å²) >= 11 is 0. The molecule has 0 unspecified atom stereocenters. The van der Waals surface area contributed by atoms with Crippen molar-refractivity contribution in [3.63, 3.8) is 0 Å². The Morgan fingerprint density at radius 1 is 1.17 bits per heavy atom. The number of nitrogens with two attached hydrogens (primary N) is 1. The van der Waals surface area contributed by atoms with E-state index in [1.54, 1.807) is 14.2 Å². The smallest absolute Gasteiger partial charge is 0.323 e. The van der Waals surface area contributed by atoms with Gasteiger partial charge in [-0.05, 0) is 47.9 Å². The largest absolute Gasteiger partial charge is 0.493 e. The van der Waals surface area contributed by atoms with Crippen LogP contribution in [0.15, 0.2) is 12.1 Å². The van der Waals surface area contributed by atoms with Crippen molar-refractivity contribution in [1.82, 2.24) is 4.90 Å². The Kier molecular flexibility index (Phi) is 7.30. The van der Waals surface area contributed by atoms with Crippen LogP contribution in [0, 0.1) is 17.8 Å². The molecule has 0 radical (unpaired) electrons. The number of carbonyl (C=O) groups is 1. The summed E-state index contributed by atoms with van der Waals surface area (Å²) in [6.07, 6.45) is 2.70. The van der Waals surface area contributed by atoms with Crippen molar-refractivity contribution in [2.24, 2.45) is 23.5 Å². The third-order valence-corrected chi connectivity index (χ3v) is 6.60. The van der Waals surface area contributed by atoms with Gasteiger partial charge in [0, 0.05) is 31.5 Å². The van der Waals surface area contributed by atoms with Gasteiger partial charge in [0.15, 0.2) is 11.5 Å². The molecule has 2 aliphatic rings. The van der Waals surface area contributed by atoms with Gasteiger partial charge in [0.1, 0.15) is 12.1 Å². The predicted molar refractivity (Wildman–Crippen MR) is 118 cm³/mol. The number of piperidine rings is 1. The SMILES string of the molecule is COc1cc2c(cc1OC)[C@@H]1C[C@H](OC(=O)[C@@H](N)C(C)C)[C@@H](CC(C)C)CN1CC2. The first kappa shape index (κ1) is 22.9. The van der Waals surface area contributed by atoms with E-state index in [-0.39, 0.29) is 24.0 Å². The molecule has 2 aliphatic heterocycles. The lowest BCUT2D eigenvalue weighted by atomic mass is 9.79. The van der Waals surface area contributed by atoms with Crippen molar-refractivity contribution in [3.05, 3.63) is 23.3 Å². The molecule has 30 heavy (non-hydrogen) atoms. The summed E-state index contributed by atoms with van der Waals surface area (Å²) in [4.78, 5) is 15.2. The van der Waals surface area contributed by atoms with Gasteiger partial charge in [-0.15, -0.1) is 0 Å². The summed E-state index contributed by atoms with van der Waals surface area (Å²) in [7, 11) is 3.34. The number of ether oxygens (including phenoxy) is 3. The number of carbonyl (C=O) groups excluding carboxylic acids is 1. The van der Waals surface area contributed by atoms with Gasteiger partial charge in [-0.2, -0.15) is 0 Å². The Morgan fingerprint density at radius 3 is 2.43 bits per heavy atom. The van der Waals surface area contributed by atoms with Crippen LogP contribution in [-0.4, -0.2) is 50.3 Å². The van der Waals surface area contributed by atoms with E-state index in [1.165, 1.54) is 11.1 Å². The number of fused-ring (bicyclic) bond motifs is 3. The van der Waals surface area contributed by atoms with Crippen LogP contribution in [0.25, 0.3) is 0 Å². The third kappa shape index (κ3) is 4.75. The van der Waals surface area contributed by atoms with E-state index >= 15 is 0 Å². The van der Waals surface area contributed by atoms with Crippen LogP contribution in [0.5, 0.6) is 11.5 Å². The zero-order valence-corrected chi connectivity index (χ0v) is 19.3. The van der Waals surface area contributed by atoms with E-state index in [4.69, 9.17) is 19.9 Å². The number of rotatable bonds is 7. The van der Waals surface area contributed by atoms with Crippen LogP contribution >= 0.6 is 0 Å². The minimum Gasteiger partial charge on any atom is -0.493 e. The van der Waals surface area contributed by atoms with E-state index in [1.807, 2.05) is 13.8 Å². The molecule has 1 fully saturated rings. The highest BCUT2D eigenvalue weighted by Gasteiger charge is 2.41. The summed E-state index contributed by atoms with van der Waals surface area (Å²) < 4.78 is 17.1. The molecule has 1 aromatic rings. The summed E-state index contributed by atoms with van der Waals surface area (Å²) in [6.45, 7) is 10.3.